The molecule has 0 aliphatic carbocycles. The highest BCUT2D eigenvalue weighted by Crippen LogP contribution is 2.24. The number of nitrogens with zero attached hydrogens (tertiary/aromatic N) is 1. The SMILES string of the molecule is COc1ccc(Br)c(-n2c(=O)[nH][nH]c2=S)c1. The van der Waals surface area contributed by atoms with Crippen molar-refractivity contribution in [2.24, 2.45) is 0 Å². The lowest BCUT2D eigenvalue weighted by Gasteiger charge is -2.06. The Kier molecular flexibility index (Phi) is 2.97. The van der Waals surface area contributed by atoms with Gasteiger partial charge in [-0.05, 0) is 40.3 Å². The van der Waals surface area contributed by atoms with Crippen molar-refractivity contribution in [2.45, 2.75) is 0 Å². The van der Waals surface area contributed by atoms with Crippen molar-refractivity contribution in [1.29, 1.82) is 0 Å². The number of rotatable bonds is 2. The highest BCUT2D eigenvalue weighted by molar-refractivity contribution is 9.10. The second kappa shape index (κ2) is 4.26. The summed E-state index contributed by atoms with van der Waals surface area (Å²) in [5.74, 6) is 0.653. The van der Waals surface area contributed by atoms with Crippen LogP contribution in [-0.4, -0.2) is 21.9 Å². The van der Waals surface area contributed by atoms with Gasteiger partial charge in [-0.1, -0.05) is 0 Å². The quantitative estimate of drug-likeness (QED) is 0.834. The summed E-state index contributed by atoms with van der Waals surface area (Å²) in [5, 5.41) is 5.00. The molecule has 5 nitrogen and oxygen atoms in total. The molecule has 1 heterocycles. The van der Waals surface area contributed by atoms with Gasteiger partial charge in [0.05, 0.1) is 12.8 Å². The van der Waals surface area contributed by atoms with E-state index >= 15 is 0 Å². The number of hydrogen-bond acceptors (Lipinski definition) is 3. The maximum atomic E-state index is 11.5. The Morgan fingerprint density at radius 2 is 2.19 bits per heavy atom. The molecular weight excluding hydrogens is 294 g/mol. The molecule has 2 N–H and O–H groups in total. The van der Waals surface area contributed by atoms with Crippen LogP contribution >= 0.6 is 28.1 Å². The molecule has 0 aliphatic rings. The number of halogens is 1. The van der Waals surface area contributed by atoms with Crippen LogP contribution in [0.1, 0.15) is 0 Å². The molecule has 0 unspecified atom stereocenters. The third kappa shape index (κ3) is 1.83. The van der Waals surface area contributed by atoms with Gasteiger partial charge in [-0.2, -0.15) is 0 Å². The number of aromatic amines is 2. The van der Waals surface area contributed by atoms with Crippen molar-refractivity contribution in [2.75, 3.05) is 7.11 Å². The molecule has 1 aromatic carbocycles. The molecule has 2 rings (SSSR count). The van der Waals surface area contributed by atoms with E-state index in [9.17, 15) is 4.79 Å². The van der Waals surface area contributed by atoms with E-state index < -0.39 is 0 Å². The number of nitrogens with one attached hydrogen (secondary N) is 2. The summed E-state index contributed by atoms with van der Waals surface area (Å²) in [6, 6.07) is 5.31. The fraction of sp³-hybridized carbons (Fsp3) is 0.111. The predicted octanol–water partition coefficient (Wildman–Crippen LogP) is 1.99. The fourth-order valence-corrected chi connectivity index (χ4v) is 1.98. The van der Waals surface area contributed by atoms with E-state index in [1.54, 1.807) is 25.3 Å². The summed E-state index contributed by atoms with van der Waals surface area (Å²) in [7, 11) is 1.56. The van der Waals surface area contributed by atoms with Crippen LogP contribution in [0.3, 0.4) is 0 Å². The zero-order chi connectivity index (χ0) is 11.7. The van der Waals surface area contributed by atoms with Gasteiger partial charge in [-0.15, -0.1) is 0 Å². The molecule has 0 spiro atoms. The first kappa shape index (κ1) is 11.2. The number of benzene rings is 1. The lowest BCUT2D eigenvalue weighted by molar-refractivity contribution is 0.414. The predicted molar refractivity (Wildman–Crippen MR) is 65.8 cm³/mol. The highest BCUT2D eigenvalue weighted by atomic mass is 79.9. The van der Waals surface area contributed by atoms with E-state index in [1.165, 1.54) is 4.57 Å². The van der Waals surface area contributed by atoms with Crippen LogP contribution in [0.15, 0.2) is 27.5 Å². The normalized spacial score (nSPS) is 10.4. The van der Waals surface area contributed by atoms with E-state index in [1.807, 2.05) is 0 Å². The van der Waals surface area contributed by atoms with E-state index in [4.69, 9.17) is 17.0 Å². The van der Waals surface area contributed by atoms with E-state index in [2.05, 4.69) is 26.1 Å². The molecule has 84 valence electrons. The van der Waals surface area contributed by atoms with Gasteiger partial charge >= 0.3 is 5.69 Å². The van der Waals surface area contributed by atoms with Gasteiger partial charge < -0.3 is 4.74 Å². The van der Waals surface area contributed by atoms with Crippen LogP contribution in [0.4, 0.5) is 0 Å². The Hall–Kier alpha value is -1.34. The molecule has 0 saturated heterocycles. The Morgan fingerprint density at radius 1 is 1.44 bits per heavy atom. The highest BCUT2D eigenvalue weighted by Gasteiger charge is 2.08. The number of ether oxygens (including phenoxy) is 1. The summed E-state index contributed by atoms with van der Waals surface area (Å²) in [6.07, 6.45) is 0. The first-order valence-electron chi connectivity index (χ1n) is 4.37. The minimum atomic E-state index is -0.320. The summed E-state index contributed by atoms with van der Waals surface area (Å²) >= 11 is 8.37. The fourth-order valence-electron chi connectivity index (χ4n) is 1.32. The van der Waals surface area contributed by atoms with Crippen molar-refractivity contribution in [3.8, 4) is 11.4 Å². The van der Waals surface area contributed by atoms with Gasteiger partial charge in [0.25, 0.3) is 0 Å². The van der Waals surface area contributed by atoms with Crippen LogP contribution in [0.2, 0.25) is 0 Å². The Morgan fingerprint density at radius 3 is 2.75 bits per heavy atom. The number of H-pyrrole nitrogens is 2. The summed E-state index contributed by atoms with van der Waals surface area (Å²) in [5.41, 5.74) is 0.311. The van der Waals surface area contributed by atoms with Crippen LogP contribution in [0.25, 0.3) is 5.69 Å². The van der Waals surface area contributed by atoms with E-state index in [0.717, 1.165) is 4.47 Å². The molecule has 16 heavy (non-hydrogen) atoms. The van der Waals surface area contributed by atoms with Crippen molar-refractivity contribution in [1.82, 2.24) is 14.8 Å². The van der Waals surface area contributed by atoms with Crippen molar-refractivity contribution in [3.05, 3.63) is 37.9 Å². The Balaban J connectivity index is 2.73. The number of methoxy groups -OCH3 is 1. The van der Waals surface area contributed by atoms with E-state index in [0.29, 0.717) is 16.2 Å². The molecule has 0 atom stereocenters. The Bertz CT molecular complexity index is 601. The lowest BCUT2D eigenvalue weighted by atomic mass is 10.3. The lowest BCUT2D eigenvalue weighted by Crippen LogP contribution is -2.15. The molecule has 1 aromatic heterocycles. The molecular formula is C9H8BrN3O2S. The molecule has 0 amide bonds. The maximum absolute atomic E-state index is 11.5. The van der Waals surface area contributed by atoms with Crippen molar-refractivity contribution in [3.63, 3.8) is 0 Å². The standard InChI is InChI=1S/C9H8BrN3O2S/c1-15-5-2-3-6(10)7(4-5)13-8(14)11-12-9(13)16/h2-4H,1H3,(H,11,14)(H,12,16). The third-order valence-electron chi connectivity index (χ3n) is 2.08. The third-order valence-corrected chi connectivity index (χ3v) is 3.03. The van der Waals surface area contributed by atoms with Gasteiger partial charge in [0, 0.05) is 10.5 Å². The Labute approximate surface area is 104 Å². The maximum Gasteiger partial charge on any atom is 0.347 e. The van der Waals surface area contributed by atoms with Crippen LogP contribution in [0.5, 0.6) is 5.75 Å². The van der Waals surface area contributed by atoms with Gasteiger partial charge in [-0.25, -0.2) is 14.5 Å². The van der Waals surface area contributed by atoms with Crippen LogP contribution < -0.4 is 10.4 Å². The minimum absolute atomic E-state index is 0.305. The topological polar surface area (TPSA) is 62.8 Å². The molecule has 0 aliphatic heterocycles. The summed E-state index contributed by atoms with van der Waals surface area (Å²) in [6.45, 7) is 0. The smallest absolute Gasteiger partial charge is 0.347 e. The average Bonchev–Trinajstić information content (AvgIpc) is 2.60. The largest absolute Gasteiger partial charge is 0.497 e. The average molecular weight is 302 g/mol. The minimum Gasteiger partial charge on any atom is -0.497 e. The molecule has 0 bridgehead atoms. The molecule has 7 heteroatoms. The van der Waals surface area contributed by atoms with Crippen molar-refractivity contribution < 1.29 is 4.74 Å². The zero-order valence-electron chi connectivity index (χ0n) is 8.28. The zero-order valence-corrected chi connectivity index (χ0v) is 10.7. The molecule has 0 fully saturated rings. The van der Waals surface area contributed by atoms with Crippen LogP contribution in [0, 0.1) is 4.77 Å². The summed E-state index contributed by atoms with van der Waals surface area (Å²) < 4.78 is 7.51. The van der Waals surface area contributed by atoms with Gasteiger partial charge in [0.15, 0.2) is 0 Å². The van der Waals surface area contributed by atoms with Crippen molar-refractivity contribution >= 4 is 28.1 Å². The number of aromatic nitrogens is 3. The molecule has 0 radical (unpaired) electrons. The molecule has 0 saturated carbocycles. The first-order valence-corrected chi connectivity index (χ1v) is 5.57. The second-order valence-corrected chi connectivity index (χ2v) is 4.25. The second-order valence-electron chi connectivity index (χ2n) is 3.01. The van der Waals surface area contributed by atoms with Crippen LogP contribution in [-0.2, 0) is 0 Å². The monoisotopic (exact) mass is 301 g/mol. The summed E-state index contributed by atoms with van der Waals surface area (Å²) in [4.78, 5) is 11.5. The van der Waals surface area contributed by atoms with Gasteiger partial charge in [0.2, 0.25) is 4.77 Å². The first-order chi connectivity index (χ1) is 7.63. The molecule has 2 aromatic rings. The number of hydrogen-bond donors (Lipinski definition) is 2. The van der Waals surface area contributed by atoms with Gasteiger partial charge in [0.1, 0.15) is 5.75 Å². The van der Waals surface area contributed by atoms with Gasteiger partial charge in [-0.3, -0.25) is 5.10 Å². The van der Waals surface area contributed by atoms with E-state index in [-0.39, 0.29) is 5.69 Å².